The summed E-state index contributed by atoms with van der Waals surface area (Å²) < 4.78 is 0. The number of aromatic nitrogens is 4. The lowest BCUT2D eigenvalue weighted by Gasteiger charge is -2.21. The lowest BCUT2D eigenvalue weighted by molar-refractivity contribution is 0.237. The highest BCUT2D eigenvalue weighted by molar-refractivity contribution is 5.19. The summed E-state index contributed by atoms with van der Waals surface area (Å²) >= 11 is 0. The van der Waals surface area contributed by atoms with Crippen LogP contribution in [0.15, 0.2) is 12.3 Å². The Labute approximate surface area is 118 Å². The van der Waals surface area contributed by atoms with E-state index in [1.165, 1.54) is 55.0 Å². The van der Waals surface area contributed by atoms with E-state index in [-0.39, 0.29) is 0 Å². The van der Waals surface area contributed by atoms with Gasteiger partial charge < -0.3 is 4.98 Å². The largest absolute Gasteiger partial charge is 0.344 e. The molecule has 1 aliphatic carbocycles. The Hall–Kier alpha value is -1.62. The Morgan fingerprint density at radius 2 is 2.20 bits per heavy atom. The molecule has 0 spiro atoms. The second kappa shape index (κ2) is 5.05. The van der Waals surface area contributed by atoms with Gasteiger partial charge in [0, 0.05) is 24.1 Å². The molecule has 1 aliphatic heterocycles. The summed E-state index contributed by atoms with van der Waals surface area (Å²) in [6.07, 6.45) is 9.21. The Kier molecular flexibility index (Phi) is 3.07. The van der Waals surface area contributed by atoms with Crippen LogP contribution >= 0.6 is 0 Å². The minimum absolute atomic E-state index is 0.448. The van der Waals surface area contributed by atoms with Crippen LogP contribution in [0.2, 0.25) is 0 Å². The van der Waals surface area contributed by atoms with Crippen molar-refractivity contribution in [2.24, 2.45) is 0 Å². The minimum Gasteiger partial charge on any atom is -0.344 e. The molecule has 2 aromatic heterocycles. The van der Waals surface area contributed by atoms with Crippen molar-refractivity contribution in [1.82, 2.24) is 25.1 Å². The molecule has 2 aromatic rings. The SMILES string of the molecule is c1cc(CN2CCC[C@H]2c2nc3c([nH]2)CCCC3)[nH]n1. The number of imidazole rings is 1. The van der Waals surface area contributed by atoms with Crippen LogP contribution in [0.3, 0.4) is 0 Å². The number of H-pyrrole nitrogens is 2. The molecule has 0 bridgehead atoms. The monoisotopic (exact) mass is 271 g/mol. The zero-order valence-corrected chi connectivity index (χ0v) is 11.7. The predicted molar refractivity (Wildman–Crippen MR) is 76.2 cm³/mol. The molecule has 4 rings (SSSR count). The van der Waals surface area contributed by atoms with Gasteiger partial charge in [0.1, 0.15) is 5.82 Å². The van der Waals surface area contributed by atoms with Gasteiger partial charge in [-0.05, 0) is 51.1 Å². The zero-order chi connectivity index (χ0) is 13.4. The smallest absolute Gasteiger partial charge is 0.124 e. The summed E-state index contributed by atoms with van der Waals surface area (Å²) in [7, 11) is 0. The maximum atomic E-state index is 4.89. The molecular weight excluding hydrogens is 250 g/mol. The van der Waals surface area contributed by atoms with Gasteiger partial charge in [-0.25, -0.2) is 4.98 Å². The van der Waals surface area contributed by atoms with Gasteiger partial charge in [-0.3, -0.25) is 10.00 Å². The van der Waals surface area contributed by atoms with Gasteiger partial charge in [0.15, 0.2) is 0 Å². The first-order valence-corrected chi connectivity index (χ1v) is 7.70. The first kappa shape index (κ1) is 12.1. The van der Waals surface area contributed by atoms with Crippen LogP contribution in [0.5, 0.6) is 0 Å². The number of fused-ring (bicyclic) bond motifs is 1. The van der Waals surface area contributed by atoms with Crippen LogP contribution in [-0.4, -0.2) is 31.6 Å². The number of nitrogens with zero attached hydrogens (tertiary/aromatic N) is 3. The van der Waals surface area contributed by atoms with Gasteiger partial charge in [0.2, 0.25) is 0 Å². The second-order valence-corrected chi connectivity index (χ2v) is 5.96. The van der Waals surface area contributed by atoms with E-state index in [9.17, 15) is 0 Å². The molecule has 5 nitrogen and oxygen atoms in total. The molecule has 0 unspecified atom stereocenters. The van der Waals surface area contributed by atoms with Crippen molar-refractivity contribution in [2.75, 3.05) is 6.54 Å². The Balaban J connectivity index is 1.55. The molecule has 0 saturated carbocycles. The van der Waals surface area contributed by atoms with Gasteiger partial charge >= 0.3 is 0 Å². The highest BCUT2D eigenvalue weighted by Gasteiger charge is 2.29. The van der Waals surface area contributed by atoms with Crippen LogP contribution in [0.4, 0.5) is 0 Å². The topological polar surface area (TPSA) is 60.6 Å². The molecule has 2 aliphatic rings. The molecule has 3 heterocycles. The van der Waals surface area contributed by atoms with Crippen LogP contribution in [0.1, 0.15) is 54.6 Å². The van der Waals surface area contributed by atoms with Crippen molar-refractivity contribution in [3.8, 4) is 0 Å². The van der Waals surface area contributed by atoms with E-state index in [1.54, 1.807) is 0 Å². The number of hydrogen-bond donors (Lipinski definition) is 2. The van der Waals surface area contributed by atoms with Gasteiger partial charge in [-0.2, -0.15) is 5.10 Å². The van der Waals surface area contributed by atoms with Crippen molar-refractivity contribution in [3.63, 3.8) is 0 Å². The predicted octanol–water partition coefficient (Wildman–Crippen LogP) is 2.35. The maximum Gasteiger partial charge on any atom is 0.124 e. The molecule has 106 valence electrons. The molecular formula is C15H21N5. The third-order valence-electron chi connectivity index (χ3n) is 4.58. The minimum atomic E-state index is 0.448. The maximum absolute atomic E-state index is 4.89. The molecule has 2 N–H and O–H groups in total. The van der Waals surface area contributed by atoms with Gasteiger partial charge in [-0.1, -0.05) is 0 Å². The molecule has 1 atom stereocenters. The number of likely N-dealkylation sites (tertiary alicyclic amines) is 1. The summed E-state index contributed by atoms with van der Waals surface area (Å²) in [4.78, 5) is 11.0. The Bertz CT molecular complexity index is 548. The fraction of sp³-hybridized carbons (Fsp3) is 0.600. The lowest BCUT2D eigenvalue weighted by atomic mass is 10.0. The normalized spacial score (nSPS) is 23.1. The van der Waals surface area contributed by atoms with Crippen molar-refractivity contribution < 1.29 is 0 Å². The van der Waals surface area contributed by atoms with E-state index in [1.807, 2.05) is 6.20 Å². The Morgan fingerprint density at radius 1 is 1.25 bits per heavy atom. The van der Waals surface area contributed by atoms with E-state index < -0.39 is 0 Å². The molecule has 0 amide bonds. The number of aromatic amines is 2. The van der Waals surface area contributed by atoms with Crippen molar-refractivity contribution in [2.45, 2.75) is 51.1 Å². The molecule has 1 fully saturated rings. The van der Waals surface area contributed by atoms with E-state index in [2.05, 4.69) is 26.1 Å². The Morgan fingerprint density at radius 3 is 3.05 bits per heavy atom. The quantitative estimate of drug-likeness (QED) is 0.901. The molecule has 20 heavy (non-hydrogen) atoms. The lowest BCUT2D eigenvalue weighted by Crippen LogP contribution is -2.23. The fourth-order valence-corrected chi connectivity index (χ4v) is 3.55. The van der Waals surface area contributed by atoms with Gasteiger partial charge in [-0.15, -0.1) is 0 Å². The second-order valence-electron chi connectivity index (χ2n) is 5.96. The number of nitrogens with one attached hydrogen (secondary N) is 2. The average Bonchev–Trinajstić information content (AvgIpc) is 3.18. The van der Waals surface area contributed by atoms with Crippen LogP contribution < -0.4 is 0 Å². The molecule has 0 aromatic carbocycles. The summed E-state index contributed by atoms with van der Waals surface area (Å²) in [6, 6.07) is 2.51. The summed E-state index contributed by atoms with van der Waals surface area (Å²) in [5.41, 5.74) is 3.90. The van der Waals surface area contributed by atoms with Crippen LogP contribution in [0, 0.1) is 0 Å². The highest BCUT2D eigenvalue weighted by atomic mass is 15.2. The van der Waals surface area contributed by atoms with Crippen LogP contribution in [-0.2, 0) is 19.4 Å². The van der Waals surface area contributed by atoms with Crippen molar-refractivity contribution in [3.05, 3.63) is 35.2 Å². The molecule has 5 heteroatoms. The van der Waals surface area contributed by atoms with Crippen LogP contribution in [0.25, 0.3) is 0 Å². The van der Waals surface area contributed by atoms with Gasteiger partial charge in [0.25, 0.3) is 0 Å². The summed E-state index contributed by atoms with van der Waals surface area (Å²) in [5.74, 6) is 1.19. The highest BCUT2D eigenvalue weighted by Crippen LogP contribution is 2.33. The first-order valence-electron chi connectivity index (χ1n) is 7.70. The molecule has 0 radical (unpaired) electrons. The number of aryl methyl sites for hydroxylation is 2. The van der Waals surface area contributed by atoms with Gasteiger partial charge in [0.05, 0.1) is 11.7 Å². The van der Waals surface area contributed by atoms with E-state index >= 15 is 0 Å². The summed E-state index contributed by atoms with van der Waals surface area (Å²) in [6.45, 7) is 2.09. The third-order valence-corrected chi connectivity index (χ3v) is 4.58. The molecule has 1 saturated heterocycles. The number of rotatable bonds is 3. The fourth-order valence-electron chi connectivity index (χ4n) is 3.55. The number of hydrogen-bond acceptors (Lipinski definition) is 3. The first-order chi connectivity index (χ1) is 9.90. The van der Waals surface area contributed by atoms with Crippen molar-refractivity contribution in [1.29, 1.82) is 0 Å². The average molecular weight is 271 g/mol. The summed E-state index contributed by atoms with van der Waals surface area (Å²) in [5, 5.41) is 7.10. The third kappa shape index (κ3) is 2.16. The van der Waals surface area contributed by atoms with Crippen molar-refractivity contribution >= 4 is 0 Å². The van der Waals surface area contributed by atoms with E-state index in [0.29, 0.717) is 6.04 Å². The van der Waals surface area contributed by atoms with E-state index in [4.69, 9.17) is 4.98 Å². The standard InChI is InChI=1S/C15H21N5/c1-2-5-13-12(4-1)17-15(18-13)14-6-3-9-20(14)10-11-7-8-16-19-11/h7-8,14H,1-6,9-10H2,(H,16,19)(H,17,18)/t14-/m0/s1. The zero-order valence-electron chi connectivity index (χ0n) is 11.7. The van der Waals surface area contributed by atoms with E-state index in [0.717, 1.165) is 19.5 Å².